The third-order valence-corrected chi connectivity index (χ3v) is 3.91. The molecule has 3 aromatic rings. The number of fused-ring (bicyclic) bond motifs is 1. The van der Waals surface area contributed by atoms with Gasteiger partial charge >= 0.3 is 0 Å². The minimum absolute atomic E-state index is 0.600. The number of nitrogens with zero attached hydrogens (tertiary/aromatic N) is 4. The molecule has 0 amide bonds. The molecule has 0 saturated carbocycles. The van der Waals surface area contributed by atoms with Gasteiger partial charge in [-0.2, -0.15) is 14.6 Å². The van der Waals surface area contributed by atoms with Gasteiger partial charge in [-0.3, -0.25) is 0 Å². The average Bonchev–Trinajstić information content (AvgIpc) is 2.93. The van der Waals surface area contributed by atoms with E-state index in [2.05, 4.69) is 20.4 Å². The molecule has 0 bridgehead atoms. The highest BCUT2D eigenvalue weighted by Gasteiger charge is 2.05. The van der Waals surface area contributed by atoms with Crippen molar-refractivity contribution in [3.05, 3.63) is 51.9 Å². The third-order valence-electron chi connectivity index (χ3n) is 3.32. The summed E-state index contributed by atoms with van der Waals surface area (Å²) >= 11 is 12.1. The zero-order chi connectivity index (χ0) is 15.5. The Morgan fingerprint density at radius 3 is 2.91 bits per heavy atom. The molecule has 114 valence electrons. The minimum atomic E-state index is 0.600. The van der Waals surface area contributed by atoms with Crippen molar-refractivity contribution in [3.8, 4) is 0 Å². The van der Waals surface area contributed by atoms with Crippen LogP contribution in [0.15, 0.2) is 30.6 Å². The van der Waals surface area contributed by atoms with E-state index in [9.17, 15) is 0 Å². The molecule has 2 aromatic heterocycles. The monoisotopic (exact) mass is 335 g/mol. The summed E-state index contributed by atoms with van der Waals surface area (Å²) < 4.78 is 1.70. The fourth-order valence-corrected chi connectivity index (χ4v) is 2.78. The Balaban J connectivity index is 1.61. The van der Waals surface area contributed by atoms with Gasteiger partial charge in [-0.15, -0.1) is 0 Å². The van der Waals surface area contributed by atoms with E-state index < -0.39 is 0 Å². The summed E-state index contributed by atoms with van der Waals surface area (Å²) in [6, 6.07) is 7.56. The van der Waals surface area contributed by atoms with E-state index in [1.807, 2.05) is 25.1 Å². The number of aryl methyl sites for hydroxylation is 2. The predicted octanol–water partition coefficient (Wildman–Crippen LogP) is 3.78. The minimum Gasteiger partial charge on any atom is -0.370 e. The highest BCUT2D eigenvalue weighted by Crippen LogP contribution is 2.22. The molecule has 0 radical (unpaired) electrons. The predicted molar refractivity (Wildman–Crippen MR) is 88.8 cm³/mol. The maximum Gasteiger partial charge on any atom is 0.254 e. The number of hydrogen-bond acceptors (Lipinski definition) is 4. The zero-order valence-corrected chi connectivity index (χ0v) is 13.6. The van der Waals surface area contributed by atoms with E-state index in [-0.39, 0.29) is 0 Å². The van der Waals surface area contributed by atoms with Crippen LogP contribution in [0.25, 0.3) is 5.78 Å². The van der Waals surface area contributed by atoms with Crippen LogP contribution in [-0.4, -0.2) is 26.1 Å². The number of anilines is 1. The van der Waals surface area contributed by atoms with Crippen molar-refractivity contribution < 1.29 is 0 Å². The SMILES string of the molecule is Cc1cc(NCCCc2ccc(Cl)cc2Cl)n2ncnc2n1. The van der Waals surface area contributed by atoms with Crippen molar-refractivity contribution in [1.82, 2.24) is 19.6 Å². The second-order valence-corrected chi connectivity index (χ2v) is 5.86. The van der Waals surface area contributed by atoms with Crippen LogP contribution in [0.4, 0.5) is 5.82 Å². The molecule has 0 aliphatic carbocycles. The molecule has 0 unspecified atom stereocenters. The number of aromatic nitrogens is 4. The third kappa shape index (κ3) is 3.31. The molecule has 5 nitrogen and oxygen atoms in total. The first kappa shape index (κ1) is 15.1. The first-order chi connectivity index (χ1) is 10.6. The largest absolute Gasteiger partial charge is 0.370 e. The van der Waals surface area contributed by atoms with E-state index >= 15 is 0 Å². The second-order valence-electron chi connectivity index (χ2n) is 5.02. The fraction of sp³-hybridized carbons (Fsp3) is 0.267. The van der Waals surface area contributed by atoms with Gasteiger partial charge in [0, 0.05) is 28.4 Å². The average molecular weight is 336 g/mol. The molecule has 0 aliphatic rings. The molecule has 0 atom stereocenters. The number of nitrogens with one attached hydrogen (secondary N) is 1. The van der Waals surface area contributed by atoms with Crippen LogP contribution in [-0.2, 0) is 6.42 Å². The molecule has 3 rings (SSSR count). The fourth-order valence-electron chi connectivity index (χ4n) is 2.28. The van der Waals surface area contributed by atoms with Crippen LogP contribution >= 0.6 is 23.2 Å². The Kier molecular flexibility index (Phi) is 4.45. The molecule has 1 aromatic carbocycles. The van der Waals surface area contributed by atoms with E-state index in [0.717, 1.165) is 36.5 Å². The highest BCUT2D eigenvalue weighted by atomic mass is 35.5. The van der Waals surface area contributed by atoms with Gasteiger partial charge in [-0.25, -0.2) is 4.98 Å². The molecule has 1 N–H and O–H groups in total. The zero-order valence-electron chi connectivity index (χ0n) is 12.1. The molecule has 0 saturated heterocycles. The lowest BCUT2D eigenvalue weighted by atomic mass is 10.1. The lowest BCUT2D eigenvalue weighted by molar-refractivity contribution is 0.841. The molecule has 2 heterocycles. The van der Waals surface area contributed by atoms with Crippen LogP contribution in [0.1, 0.15) is 17.7 Å². The van der Waals surface area contributed by atoms with Gasteiger partial charge in [0.2, 0.25) is 0 Å². The number of halogens is 2. The molecule has 7 heteroatoms. The van der Waals surface area contributed by atoms with Crippen molar-refractivity contribution >= 4 is 34.8 Å². The van der Waals surface area contributed by atoms with Crippen molar-refractivity contribution in [1.29, 1.82) is 0 Å². The summed E-state index contributed by atoms with van der Waals surface area (Å²) in [4.78, 5) is 8.42. The van der Waals surface area contributed by atoms with Gasteiger partial charge in [0.1, 0.15) is 12.1 Å². The Hall–Kier alpha value is -1.85. The van der Waals surface area contributed by atoms with Crippen molar-refractivity contribution in [3.63, 3.8) is 0 Å². The van der Waals surface area contributed by atoms with Crippen LogP contribution in [0.2, 0.25) is 10.0 Å². The highest BCUT2D eigenvalue weighted by molar-refractivity contribution is 6.35. The Morgan fingerprint density at radius 1 is 1.23 bits per heavy atom. The maximum absolute atomic E-state index is 6.17. The number of hydrogen-bond donors (Lipinski definition) is 1. The summed E-state index contributed by atoms with van der Waals surface area (Å²) in [5.74, 6) is 1.49. The van der Waals surface area contributed by atoms with Gasteiger partial charge in [-0.05, 0) is 37.5 Å². The maximum atomic E-state index is 6.17. The van der Waals surface area contributed by atoms with Crippen molar-refractivity contribution in [2.75, 3.05) is 11.9 Å². The first-order valence-corrected chi connectivity index (χ1v) is 7.74. The van der Waals surface area contributed by atoms with Gasteiger partial charge < -0.3 is 5.32 Å². The molecule has 0 fully saturated rings. The Labute approximate surface area is 138 Å². The standard InChI is InChI=1S/C15H15Cl2N5/c1-10-7-14(22-15(21-10)19-9-20-22)18-6-2-3-11-4-5-12(16)8-13(11)17/h4-5,7-9,18H,2-3,6H2,1H3. The number of rotatable bonds is 5. The van der Waals surface area contributed by atoms with Crippen LogP contribution < -0.4 is 5.32 Å². The lowest BCUT2D eigenvalue weighted by Crippen LogP contribution is -2.09. The van der Waals surface area contributed by atoms with Gasteiger partial charge in [-0.1, -0.05) is 29.3 Å². The Morgan fingerprint density at radius 2 is 2.09 bits per heavy atom. The van der Waals surface area contributed by atoms with E-state index in [1.54, 1.807) is 10.6 Å². The molecular weight excluding hydrogens is 321 g/mol. The summed E-state index contributed by atoms with van der Waals surface area (Å²) in [7, 11) is 0. The van der Waals surface area contributed by atoms with Gasteiger partial charge in [0.15, 0.2) is 0 Å². The first-order valence-electron chi connectivity index (χ1n) is 6.98. The molecule has 0 aliphatic heterocycles. The van der Waals surface area contributed by atoms with Gasteiger partial charge in [0.05, 0.1) is 0 Å². The van der Waals surface area contributed by atoms with Crippen LogP contribution in [0.5, 0.6) is 0 Å². The van der Waals surface area contributed by atoms with E-state index in [0.29, 0.717) is 15.8 Å². The van der Waals surface area contributed by atoms with E-state index in [1.165, 1.54) is 6.33 Å². The molecule has 0 spiro atoms. The quantitative estimate of drug-likeness (QED) is 0.721. The Bertz CT molecular complexity index is 800. The van der Waals surface area contributed by atoms with Crippen LogP contribution in [0, 0.1) is 6.92 Å². The lowest BCUT2D eigenvalue weighted by Gasteiger charge is -2.09. The number of benzene rings is 1. The van der Waals surface area contributed by atoms with E-state index in [4.69, 9.17) is 23.2 Å². The smallest absolute Gasteiger partial charge is 0.254 e. The summed E-state index contributed by atoms with van der Waals surface area (Å²) in [6.07, 6.45) is 3.33. The molecule has 22 heavy (non-hydrogen) atoms. The second kappa shape index (κ2) is 6.50. The van der Waals surface area contributed by atoms with Crippen molar-refractivity contribution in [2.24, 2.45) is 0 Å². The summed E-state index contributed by atoms with van der Waals surface area (Å²) in [6.45, 7) is 2.74. The topological polar surface area (TPSA) is 55.1 Å². The summed E-state index contributed by atoms with van der Waals surface area (Å²) in [5.41, 5.74) is 2.01. The molecular formula is C15H15Cl2N5. The van der Waals surface area contributed by atoms with Crippen molar-refractivity contribution in [2.45, 2.75) is 19.8 Å². The normalized spacial score (nSPS) is 11.0. The summed E-state index contributed by atoms with van der Waals surface area (Å²) in [5, 5.41) is 8.91. The van der Waals surface area contributed by atoms with Gasteiger partial charge in [0.25, 0.3) is 5.78 Å². The van der Waals surface area contributed by atoms with Crippen LogP contribution in [0.3, 0.4) is 0 Å².